The molecule has 1 amide bonds. The monoisotopic (exact) mass is 297 g/mol. The van der Waals surface area contributed by atoms with E-state index in [0.29, 0.717) is 5.69 Å². The van der Waals surface area contributed by atoms with Crippen molar-refractivity contribution in [1.29, 1.82) is 0 Å². The van der Waals surface area contributed by atoms with Crippen LogP contribution >= 0.6 is 11.6 Å². The Hall–Kier alpha value is -2.59. The van der Waals surface area contributed by atoms with Crippen LogP contribution < -0.4 is 11.1 Å². The van der Waals surface area contributed by atoms with Crippen LogP contribution in [-0.2, 0) is 0 Å². The summed E-state index contributed by atoms with van der Waals surface area (Å²) >= 11 is 5.95. The highest BCUT2D eigenvalue weighted by Crippen LogP contribution is 2.24. The van der Waals surface area contributed by atoms with E-state index in [0.717, 1.165) is 16.5 Å². The Morgan fingerprint density at radius 3 is 2.76 bits per heavy atom. The van der Waals surface area contributed by atoms with Crippen molar-refractivity contribution in [2.24, 2.45) is 0 Å². The number of halogens is 1. The molecule has 104 valence electrons. The van der Waals surface area contributed by atoms with Gasteiger partial charge >= 0.3 is 0 Å². The SMILES string of the molecule is Nc1cnc(Cl)c(C(=O)Nc2cccc3ccccc23)c1. The molecule has 21 heavy (non-hydrogen) atoms. The summed E-state index contributed by atoms with van der Waals surface area (Å²) in [5.74, 6) is -0.337. The van der Waals surface area contributed by atoms with Gasteiger partial charge in [0.15, 0.2) is 0 Å². The molecular weight excluding hydrogens is 286 g/mol. The van der Waals surface area contributed by atoms with Crippen LogP contribution in [0.4, 0.5) is 11.4 Å². The molecule has 3 rings (SSSR count). The summed E-state index contributed by atoms with van der Waals surface area (Å²) in [5.41, 5.74) is 7.01. The van der Waals surface area contributed by atoms with E-state index in [9.17, 15) is 4.79 Å². The molecule has 0 radical (unpaired) electrons. The second-order valence-corrected chi connectivity index (χ2v) is 4.95. The fraction of sp³-hybridized carbons (Fsp3) is 0. The number of rotatable bonds is 2. The molecule has 3 aromatic rings. The second-order valence-electron chi connectivity index (χ2n) is 4.59. The highest BCUT2D eigenvalue weighted by Gasteiger charge is 2.13. The number of pyridine rings is 1. The number of nitrogens with zero attached hydrogens (tertiary/aromatic N) is 1. The van der Waals surface area contributed by atoms with Crippen LogP contribution in [0.25, 0.3) is 10.8 Å². The number of carbonyl (C=O) groups is 1. The number of hydrogen-bond donors (Lipinski definition) is 2. The number of nitrogens with two attached hydrogens (primary N) is 1. The average Bonchev–Trinajstić information content (AvgIpc) is 2.50. The first-order chi connectivity index (χ1) is 10.1. The lowest BCUT2D eigenvalue weighted by Crippen LogP contribution is -2.13. The lowest BCUT2D eigenvalue weighted by atomic mass is 10.1. The van der Waals surface area contributed by atoms with Crippen LogP contribution in [0.1, 0.15) is 10.4 Å². The van der Waals surface area contributed by atoms with Gasteiger partial charge in [0.1, 0.15) is 5.15 Å². The highest BCUT2D eigenvalue weighted by molar-refractivity contribution is 6.33. The van der Waals surface area contributed by atoms with E-state index in [2.05, 4.69) is 10.3 Å². The topological polar surface area (TPSA) is 68.0 Å². The molecule has 4 nitrogen and oxygen atoms in total. The number of nitrogens with one attached hydrogen (secondary N) is 1. The van der Waals surface area contributed by atoms with Gasteiger partial charge in [0.25, 0.3) is 5.91 Å². The van der Waals surface area contributed by atoms with Crippen molar-refractivity contribution in [2.45, 2.75) is 0 Å². The Bertz CT molecular complexity index is 827. The lowest BCUT2D eigenvalue weighted by molar-refractivity contribution is 0.102. The highest BCUT2D eigenvalue weighted by atomic mass is 35.5. The summed E-state index contributed by atoms with van der Waals surface area (Å²) in [4.78, 5) is 16.2. The molecule has 1 aromatic heterocycles. The molecular formula is C16H12ClN3O. The second kappa shape index (κ2) is 5.42. The molecule has 0 aliphatic heterocycles. The van der Waals surface area contributed by atoms with Gasteiger partial charge in [0.2, 0.25) is 0 Å². The summed E-state index contributed by atoms with van der Waals surface area (Å²) in [6.45, 7) is 0. The molecule has 3 N–H and O–H groups in total. The van der Waals surface area contributed by atoms with E-state index in [4.69, 9.17) is 17.3 Å². The first-order valence-corrected chi connectivity index (χ1v) is 6.73. The van der Waals surface area contributed by atoms with Gasteiger partial charge in [0.05, 0.1) is 17.4 Å². The maximum absolute atomic E-state index is 12.3. The Balaban J connectivity index is 1.99. The van der Waals surface area contributed by atoms with Crippen LogP contribution in [0.5, 0.6) is 0 Å². The molecule has 5 heteroatoms. The van der Waals surface area contributed by atoms with Crippen LogP contribution in [0.3, 0.4) is 0 Å². The zero-order valence-electron chi connectivity index (χ0n) is 11.0. The number of amides is 1. The predicted molar refractivity (Wildman–Crippen MR) is 85.6 cm³/mol. The molecule has 0 aliphatic rings. The number of aromatic nitrogens is 1. The quantitative estimate of drug-likeness (QED) is 0.708. The maximum Gasteiger partial charge on any atom is 0.258 e. The molecule has 0 aliphatic carbocycles. The van der Waals surface area contributed by atoms with Crippen molar-refractivity contribution in [3.8, 4) is 0 Å². The van der Waals surface area contributed by atoms with E-state index in [1.165, 1.54) is 12.3 Å². The normalized spacial score (nSPS) is 10.5. The van der Waals surface area contributed by atoms with Gasteiger partial charge in [0, 0.05) is 11.1 Å². The van der Waals surface area contributed by atoms with Crippen LogP contribution in [0.2, 0.25) is 5.15 Å². The van der Waals surface area contributed by atoms with Crippen molar-refractivity contribution in [1.82, 2.24) is 4.98 Å². The Morgan fingerprint density at radius 2 is 1.90 bits per heavy atom. The number of hydrogen-bond acceptors (Lipinski definition) is 3. The van der Waals surface area contributed by atoms with Crippen molar-refractivity contribution in [2.75, 3.05) is 11.1 Å². The molecule has 2 aromatic carbocycles. The van der Waals surface area contributed by atoms with E-state index in [1.807, 2.05) is 42.5 Å². The van der Waals surface area contributed by atoms with Gasteiger partial charge in [-0.15, -0.1) is 0 Å². The Labute approximate surface area is 126 Å². The minimum atomic E-state index is -0.337. The molecule has 0 fully saturated rings. The third-order valence-electron chi connectivity index (χ3n) is 3.14. The number of carbonyl (C=O) groups excluding carboxylic acids is 1. The third kappa shape index (κ3) is 2.66. The summed E-state index contributed by atoms with van der Waals surface area (Å²) < 4.78 is 0. The smallest absolute Gasteiger partial charge is 0.258 e. The average molecular weight is 298 g/mol. The molecule has 0 saturated carbocycles. The van der Waals surface area contributed by atoms with Crippen LogP contribution in [-0.4, -0.2) is 10.9 Å². The fourth-order valence-corrected chi connectivity index (χ4v) is 2.34. The molecule has 0 bridgehead atoms. The number of nitrogen functional groups attached to an aromatic ring is 1. The van der Waals surface area contributed by atoms with Gasteiger partial charge in [-0.2, -0.15) is 0 Å². The lowest BCUT2D eigenvalue weighted by Gasteiger charge is -2.09. The van der Waals surface area contributed by atoms with Crippen molar-refractivity contribution in [3.63, 3.8) is 0 Å². The largest absolute Gasteiger partial charge is 0.397 e. The maximum atomic E-state index is 12.3. The van der Waals surface area contributed by atoms with Gasteiger partial charge in [-0.25, -0.2) is 4.98 Å². The van der Waals surface area contributed by atoms with E-state index in [1.54, 1.807) is 0 Å². The summed E-state index contributed by atoms with van der Waals surface area (Å²) in [6, 6.07) is 15.0. The number of fused-ring (bicyclic) bond motifs is 1. The number of anilines is 2. The number of benzene rings is 2. The van der Waals surface area contributed by atoms with Crippen LogP contribution in [0, 0.1) is 0 Å². The zero-order chi connectivity index (χ0) is 14.8. The zero-order valence-corrected chi connectivity index (χ0v) is 11.8. The Kier molecular flexibility index (Phi) is 3.46. The summed E-state index contributed by atoms with van der Waals surface area (Å²) in [5, 5.41) is 4.98. The van der Waals surface area contributed by atoms with Gasteiger partial charge < -0.3 is 11.1 Å². The molecule has 1 heterocycles. The Morgan fingerprint density at radius 1 is 1.14 bits per heavy atom. The first kappa shape index (κ1) is 13.4. The van der Waals surface area contributed by atoms with Crippen molar-refractivity contribution in [3.05, 3.63) is 65.4 Å². The molecule has 0 atom stereocenters. The molecule has 0 unspecified atom stereocenters. The minimum absolute atomic E-state index is 0.127. The van der Waals surface area contributed by atoms with Gasteiger partial charge in [-0.3, -0.25) is 4.79 Å². The van der Waals surface area contributed by atoms with E-state index >= 15 is 0 Å². The van der Waals surface area contributed by atoms with Crippen LogP contribution in [0.15, 0.2) is 54.7 Å². The van der Waals surface area contributed by atoms with Gasteiger partial charge in [-0.1, -0.05) is 48.0 Å². The molecule has 0 spiro atoms. The van der Waals surface area contributed by atoms with Crippen molar-refractivity contribution < 1.29 is 4.79 Å². The first-order valence-electron chi connectivity index (χ1n) is 6.35. The summed E-state index contributed by atoms with van der Waals surface area (Å²) in [6.07, 6.45) is 1.41. The van der Waals surface area contributed by atoms with E-state index < -0.39 is 0 Å². The third-order valence-corrected chi connectivity index (χ3v) is 3.44. The molecule has 0 saturated heterocycles. The minimum Gasteiger partial charge on any atom is -0.397 e. The van der Waals surface area contributed by atoms with Crippen molar-refractivity contribution >= 4 is 39.7 Å². The van der Waals surface area contributed by atoms with Gasteiger partial charge in [-0.05, 0) is 17.5 Å². The summed E-state index contributed by atoms with van der Waals surface area (Å²) in [7, 11) is 0. The standard InChI is InChI=1S/C16H12ClN3O/c17-15-13(8-11(18)9-19-15)16(21)20-14-7-3-5-10-4-1-2-6-12(10)14/h1-9H,18H2,(H,20,21). The fourth-order valence-electron chi connectivity index (χ4n) is 2.15. The predicted octanol–water partition coefficient (Wildman–Crippen LogP) is 3.72. The van der Waals surface area contributed by atoms with E-state index in [-0.39, 0.29) is 16.6 Å².